The molecule has 1 aromatic heterocycles. The van der Waals surface area contributed by atoms with Crippen molar-refractivity contribution in [3.63, 3.8) is 0 Å². The van der Waals surface area contributed by atoms with Crippen LogP contribution in [-0.4, -0.2) is 28.9 Å². The van der Waals surface area contributed by atoms with Gasteiger partial charge in [0.1, 0.15) is 0 Å². The molecule has 2 aromatic carbocycles. The van der Waals surface area contributed by atoms with Gasteiger partial charge in [-0.15, -0.1) is 0 Å². The largest absolute Gasteiger partial charge is 0.372 e. The van der Waals surface area contributed by atoms with Gasteiger partial charge in [-0.25, -0.2) is 0 Å². The first-order chi connectivity index (χ1) is 13.1. The molecular weight excluding hydrogens is 344 g/mol. The maximum absolute atomic E-state index is 12.6. The van der Waals surface area contributed by atoms with Crippen molar-refractivity contribution in [2.45, 2.75) is 19.3 Å². The summed E-state index contributed by atoms with van der Waals surface area (Å²) in [6.45, 7) is 2.15. The standard InChI is InChI=1S/C20H20N4O3/c25-20(18-13-21-19-12-16(24(26)27)8-9-17(18)19)22-14-4-6-15(7-5-14)23-10-2-1-3-11-23/h4-9,12-13,21H,1-3,10-11H2,(H,22,25). The number of amides is 1. The van der Waals surface area contributed by atoms with Crippen molar-refractivity contribution in [2.24, 2.45) is 0 Å². The average Bonchev–Trinajstić information content (AvgIpc) is 3.12. The van der Waals surface area contributed by atoms with Crippen LogP contribution in [0.2, 0.25) is 0 Å². The smallest absolute Gasteiger partial charge is 0.271 e. The Kier molecular flexibility index (Phi) is 4.50. The van der Waals surface area contributed by atoms with E-state index in [1.807, 2.05) is 24.3 Å². The minimum atomic E-state index is -0.454. The van der Waals surface area contributed by atoms with Crippen molar-refractivity contribution in [1.29, 1.82) is 0 Å². The van der Waals surface area contributed by atoms with Crippen LogP contribution in [0.15, 0.2) is 48.7 Å². The van der Waals surface area contributed by atoms with E-state index in [9.17, 15) is 14.9 Å². The van der Waals surface area contributed by atoms with E-state index in [-0.39, 0.29) is 11.6 Å². The molecule has 0 atom stereocenters. The lowest BCUT2D eigenvalue weighted by Crippen LogP contribution is -2.29. The van der Waals surface area contributed by atoms with Crippen LogP contribution in [0.25, 0.3) is 10.9 Å². The minimum absolute atomic E-state index is 0.00962. The van der Waals surface area contributed by atoms with Crippen LogP contribution in [0.3, 0.4) is 0 Å². The van der Waals surface area contributed by atoms with Gasteiger partial charge in [-0.1, -0.05) is 0 Å². The number of nitro groups is 1. The molecule has 2 N–H and O–H groups in total. The maximum Gasteiger partial charge on any atom is 0.271 e. The Bertz CT molecular complexity index is 988. The summed E-state index contributed by atoms with van der Waals surface area (Å²) in [7, 11) is 0. The molecule has 0 radical (unpaired) electrons. The second kappa shape index (κ2) is 7.11. The van der Waals surface area contributed by atoms with Crippen molar-refractivity contribution in [3.8, 4) is 0 Å². The lowest BCUT2D eigenvalue weighted by molar-refractivity contribution is -0.384. The van der Waals surface area contributed by atoms with Crippen LogP contribution in [0.1, 0.15) is 29.6 Å². The molecule has 1 aliphatic rings. The number of hydrogen-bond acceptors (Lipinski definition) is 4. The van der Waals surface area contributed by atoms with Gasteiger partial charge in [0, 0.05) is 48.2 Å². The number of nitrogens with one attached hydrogen (secondary N) is 2. The highest BCUT2D eigenvalue weighted by Gasteiger charge is 2.16. The van der Waals surface area contributed by atoms with Gasteiger partial charge < -0.3 is 15.2 Å². The SMILES string of the molecule is O=C(Nc1ccc(N2CCCCC2)cc1)c1c[nH]c2cc([N+](=O)[O-])ccc12. The second-order valence-electron chi connectivity index (χ2n) is 6.74. The monoisotopic (exact) mass is 364 g/mol. The Hall–Kier alpha value is -3.35. The van der Waals surface area contributed by atoms with Crippen molar-refractivity contribution in [1.82, 2.24) is 4.98 Å². The molecular formula is C20H20N4O3. The summed E-state index contributed by atoms with van der Waals surface area (Å²) in [5.74, 6) is -0.249. The highest BCUT2D eigenvalue weighted by molar-refractivity contribution is 6.13. The molecule has 1 aliphatic heterocycles. The number of nitrogens with zero attached hydrogens (tertiary/aromatic N) is 2. The van der Waals surface area contributed by atoms with Gasteiger partial charge in [0.15, 0.2) is 0 Å². The summed E-state index contributed by atoms with van der Waals surface area (Å²) >= 11 is 0. The minimum Gasteiger partial charge on any atom is -0.372 e. The molecule has 7 nitrogen and oxygen atoms in total. The third kappa shape index (κ3) is 3.48. The maximum atomic E-state index is 12.6. The van der Waals surface area contributed by atoms with Crippen molar-refractivity contribution < 1.29 is 9.72 Å². The average molecular weight is 364 g/mol. The van der Waals surface area contributed by atoms with Crippen LogP contribution < -0.4 is 10.2 Å². The Balaban J connectivity index is 1.50. The van der Waals surface area contributed by atoms with Crippen LogP contribution in [0.4, 0.5) is 17.1 Å². The van der Waals surface area contributed by atoms with Gasteiger partial charge in [0.05, 0.1) is 16.0 Å². The lowest BCUT2D eigenvalue weighted by Gasteiger charge is -2.28. The van der Waals surface area contributed by atoms with Gasteiger partial charge in [-0.05, 0) is 49.6 Å². The number of aromatic nitrogens is 1. The first kappa shape index (κ1) is 17.1. The summed E-state index contributed by atoms with van der Waals surface area (Å²) in [4.78, 5) is 28.3. The molecule has 0 spiro atoms. The topological polar surface area (TPSA) is 91.3 Å². The predicted octanol–water partition coefficient (Wildman–Crippen LogP) is 4.32. The normalized spacial score (nSPS) is 14.3. The van der Waals surface area contributed by atoms with Gasteiger partial charge >= 0.3 is 0 Å². The van der Waals surface area contributed by atoms with Crippen molar-refractivity contribution in [3.05, 3.63) is 64.3 Å². The Morgan fingerprint density at radius 3 is 2.52 bits per heavy atom. The number of carbonyl (C=O) groups excluding carboxylic acids is 1. The molecule has 0 saturated carbocycles. The number of H-pyrrole nitrogens is 1. The van der Waals surface area contributed by atoms with E-state index in [2.05, 4.69) is 15.2 Å². The summed E-state index contributed by atoms with van der Waals surface area (Å²) in [6, 6.07) is 12.3. The zero-order valence-corrected chi connectivity index (χ0v) is 14.8. The number of aromatic amines is 1. The molecule has 0 bridgehead atoms. The molecule has 0 unspecified atom stereocenters. The number of hydrogen-bond donors (Lipinski definition) is 2. The fourth-order valence-electron chi connectivity index (χ4n) is 3.52. The predicted molar refractivity (Wildman–Crippen MR) is 105 cm³/mol. The quantitative estimate of drug-likeness (QED) is 0.533. The molecule has 138 valence electrons. The molecule has 2 heterocycles. The Morgan fingerprint density at radius 2 is 1.81 bits per heavy atom. The molecule has 27 heavy (non-hydrogen) atoms. The number of benzene rings is 2. The van der Waals surface area contributed by atoms with E-state index in [4.69, 9.17) is 0 Å². The number of nitro benzene ring substituents is 1. The zero-order chi connectivity index (χ0) is 18.8. The number of piperidine rings is 1. The van der Waals surface area contributed by atoms with Gasteiger partial charge in [0.2, 0.25) is 0 Å². The van der Waals surface area contributed by atoms with E-state index < -0.39 is 4.92 Å². The molecule has 3 aromatic rings. The molecule has 0 aliphatic carbocycles. The van der Waals surface area contributed by atoms with E-state index in [0.29, 0.717) is 16.5 Å². The number of carbonyl (C=O) groups is 1. The molecule has 1 saturated heterocycles. The van der Waals surface area contributed by atoms with E-state index in [0.717, 1.165) is 18.8 Å². The third-order valence-corrected chi connectivity index (χ3v) is 4.97. The first-order valence-electron chi connectivity index (χ1n) is 9.04. The third-order valence-electron chi connectivity index (χ3n) is 4.97. The molecule has 1 fully saturated rings. The van der Waals surface area contributed by atoms with Crippen LogP contribution in [-0.2, 0) is 0 Å². The number of non-ortho nitro benzene ring substituents is 1. The van der Waals surface area contributed by atoms with E-state index in [1.54, 1.807) is 12.3 Å². The van der Waals surface area contributed by atoms with Crippen molar-refractivity contribution >= 4 is 33.9 Å². The molecule has 4 rings (SSSR count). The summed E-state index contributed by atoms with van der Waals surface area (Å²) in [5.41, 5.74) is 2.91. The van der Waals surface area contributed by atoms with Gasteiger partial charge in [-0.3, -0.25) is 14.9 Å². The number of rotatable bonds is 4. The summed E-state index contributed by atoms with van der Waals surface area (Å²) < 4.78 is 0. The summed E-state index contributed by atoms with van der Waals surface area (Å²) in [5, 5.41) is 14.4. The first-order valence-corrected chi connectivity index (χ1v) is 9.04. The van der Waals surface area contributed by atoms with Crippen molar-refractivity contribution in [2.75, 3.05) is 23.3 Å². The number of fused-ring (bicyclic) bond motifs is 1. The fraction of sp³-hybridized carbons (Fsp3) is 0.250. The molecule has 7 heteroatoms. The second-order valence-corrected chi connectivity index (χ2v) is 6.74. The van der Waals surface area contributed by atoms with Crippen LogP contribution >= 0.6 is 0 Å². The van der Waals surface area contributed by atoms with Crippen LogP contribution in [0.5, 0.6) is 0 Å². The van der Waals surface area contributed by atoms with E-state index in [1.165, 1.54) is 37.1 Å². The number of anilines is 2. The van der Waals surface area contributed by atoms with Crippen LogP contribution in [0, 0.1) is 10.1 Å². The van der Waals surface area contributed by atoms with E-state index >= 15 is 0 Å². The Morgan fingerprint density at radius 1 is 1.07 bits per heavy atom. The highest BCUT2D eigenvalue weighted by atomic mass is 16.6. The molecule has 1 amide bonds. The summed E-state index contributed by atoms with van der Waals surface area (Å²) in [6.07, 6.45) is 5.30. The highest BCUT2D eigenvalue weighted by Crippen LogP contribution is 2.25. The fourth-order valence-corrected chi connectivity index (χ4v) is 3.52. The van der Waals surface area contributed by atoms with Gasteiger partial charge in [0.25, 0.3) is 11.6 Å². The van der Waals surface area contributed by atoms with Gasteiger partial charge in [-0.2, -0.15) is 0 Å². The zero-order valence-electron chi connectivity index (χ0n) is 14.8. The Labute approximate surface area is 156 Å². The lowest BCUT2D eigenvalue weighted by atomic mass is 10.1.